The molecule has 0 saturated heterocycles. The van der Waals surface area contributed by atoms with E-state index in [1.807, 2.05) is 0 Å². The van der Waals surface area contributed by atoms with Crippen LogP contribution < -0.4 is 0 Å². The lowest BCUT2D eigenvalue weighted by Gasteiger charge is -2.15. The zero-order valence-corrected chi connectivity index (χ0v) is 9.47. The zero-order chi connectivity index (χ0) is 13.3. The topological polar surface area (TPSA) is 52.6 Å². The van der Waals surface area contributed by atoms with Gasteiger partial charge in [-0.2, -0.15) is 13.2 Å². The highest BCUT2D eigenvalue weighted by molar-refractivity contribution is 6.04. The highest BCUT2D eigenvalue weighted by Crippen LogP contribution is 2.61. The molecule has 17 heavy (non-hydrogen) atoms. The molecule has 0 bridgehead atoms. The Labute approximate surface area is 96.1 Å². The second-order valence-corrected chi connectivity index (χ2v) is 3.71. The minimum absolute atomic E-state index is 0.0788. The van der Waals surface area contributed by atoms with Gasteiger partial charge in [0, 0.05) is 0 Å². The van der Waals surface area contributed by atoms with Gasteiger partial charge in [-0.1, -0.05) is 0 Å². The molecular formula is C10H13F3O4. The van der Waals surface area contributed by atoms with E-state index >= 15 is 0 Å². The van der Waals surface area contributed by atoms with Gasteiger partial charge >= 0.3 is 18.1 Å². The van der Waals surface area contributed by atoms with Crippen LogP contribution in [-0.2, 0) is 19.1 Å². The van der Waals surface area contributed by atoms with Gasteiger partial charge in [-0.05, 0) is 20.3 Å². The highest BCUT2D eigenvalue weighted by atomic mass is 19.4. The van der Waals surface area contributed by atoms with Gasteiger partial charge in [-0.15, -0.1) is 0 Å². The van der Waals surface area contributed by atoms with Crippen molar-refractivity contribution < 1.29 is 32.2 Å². The second-order valence-electron chi connectivity index (χ2n) is 3.71. The summed E-state index contributed by atoms with van der Waals surface area (Å²) in [6.45, 7) is 2.76. The van der Waals surface area contributed by atoms with Crippen molar-refractivity contribution in [1.29, 1.82) is 0 Å². The lowest BCUT2D eigenvalue weighted by Crippen LogP contribution is -2.35. The normalized spacial score (nSPS) is 21.8. The van der Waals surface area contributed by atoms with Crippen molar-refractivity contribution in [2.45, 2.75) is 26.4 Å². The molecule has 98 valence electrons. The van der Waals surface area contributed by atoms with E-state index in [2.05, 4.69) is 9.47 Å². The highest BCUT2D eigenvalue weighted by Gasteiger charge is 2.77. The van der Waals surface area contributed by atoms with Crippen molar-refractivity contribution in [3.8, 4) is 0 Å². The van der Waals surface area contributed by atoms with E-state index in [0.29, 0.717) is 0 Å². The Morgan fingerprint density at radius 1 is 1.18 bits per heavy atom. The molecule has 1 aliphatic carbocycles. The summed E-state index contributed by atoms with van der Waals surface area (Å²) < 4.78 is 46.6. The fourth-order valence-corrected chi connectivity index (χ4v) is 1.71. The van der Waals surface area contributed by atoms with Crippen molar-refractivity contribution in [3.05, 3.63) is 0 Å². The predicted molar refractivity (Wildman–Crippen MR) is 49.9 cm³/mol. The fourth-order valence-electron chi connectivity index (χ4n) is 1.71. The monoisotopic (exact) mass is 254 g/mol. The van der Waals surface area contributed by atoms with Crippen LogP contribution in [0.25, 0.3) is 0 Å². The van der Waals surface area contributed by atoms with Crippen LogP contribution in [0.1, 0.15) is 20.3 Å². The van der Waals surface area contributed by atoms with E-state index in [-0.39, 0.29) is 13.2 Å². The van der Waals surface area contributed by atoms with Crippen LogP contribution in [0, 0.1) is 11.3 Å². The molecule has 1 fully saturated rings. The predicted octanol–water partition coefficient (Wildman–Crippen LogP) is 1.68. The summed E-state index contributed by atoms with van der Waals surface area (Å²) in [5, 5.41) is 0. The van der Waals surface area contributed by atoms with Gasteiger partial charge in [0.15, 0.2) is 5.41 Å². The minimum atomic E-state index is -4.60. The number of hydrogen-bond acceptors (Lipinski definition) is 4. The molecule has 1 rings (SSSR count). The molecule has 0 radical (unpaired) electrons. The van der Waals surface area contributed by atoms with Crippen LogP contribution in [0.2, 0.25) is 0 Å². The average Bonchev–Trinajstić information content (AvgIpc) is 2.94. The third-order valence-electron chi connectivity index (χ3n) is 2.64. The maximum absolute atomic E-state index is 12.5. The Morgan fingerprint density at radius 3 is 1.82 bits per heavy atom. The molecule has 0 heterocycles. The van der Waals surface area contributed by atoms with Crippen LogP contribution in [0.5, 0.6) is 0 Å². The van der Waals surface area contributed by atoms with E-state index in [1.54, 1.807) is 0 Å². The molecule has 1 aliphatic rings. The van der Waals surface area contributed by atoms with Gasteiger partial charge in [0.25, 0.3) is 0 Å². The third-order valence-corrected chi connectivity index (χ3v) is 2.64. The van der Waals surface area contributed by atoms with Crippen molar-refractivity contribution in [3.63, 3.8) is 0 Å². The second kappa shape index (κ2) is 4.54. The number of carbonyl (C=O) groups excluding carboxylic acids is 2. The Kier molecular flexibility index (Phi) is 3.68. The van der Waals surface area contributed by atoms with Gasteiger partial charge in [0.2, 0.25) is 0 Å². The van der Waals surface area contributed by atoms with Crippen molar-refractivity contribution >= 4 is 11.9 Å². The number of esters is 2. The average molecular weight is 254 g/mol. The SMILES string of the molecule is CCOC(=O)C1(C(=O)OCC)CC1C(F)(F)F. The quantitative estimate of drug-likeness (QED) is 0.565. The van der Waals surface area contributed by atoms with E-state index in [9.17, 15) is 22.8 Å². The molecule has 0 aromatic heterocycles. The molecule has 1 atom stereocenters. The molecule has 0 spiro atoms. The zero-order valence-electron chi connectivity index (χ0n) is 9.47. The van der Waals surface area contributed by atoms with Crippen LogP contribution in [0.15, 0.2) is 0 Å². The van der Waals surface area contributed by atoms with E-state index in [1.165, 1.54) is 13.8 Å². The number of rotatable bonds is 4. The van der Waals surface area contributed by atoms with Crippen LogP contribution in [0.4, 0.5) is 13.2 Å². The number of hydrogen-bond donors (Lipinski definition) is 0. The van der Waals surface area contributed by atoms with E-state index < -0.39 is 35.9 Å². The van der Waals surface area contributed by atoms with Crippen molar-refractivity contribution in [2.75, 3.05) is 13.2 Å². The van der Waals surface area contributed by atoms with E-state index in [0.717, 1.165) is 0 Å². The summed E-state index contributed by atoms with van der Waals surface area (Å²) in [6.07, 6.45) is -5.19. The molecule has 0 aromatic carbocycles. The first-order valence-electron chi connectivity index (χ1n) is 5.21. The maximum Gasteiger partial charge on any atom is 0.393 e. The molecule has 0 N–H and O–H groups in total. The summed E-state index contributed by atoms with van der Waals surface area (Å²) in [7, 11) is 0. The fraction of sp³-hybridized carbons (Fsp3) is 0.800. The van der Waals surface area contributed by atoms with Crippen LogP contribution in [0.3, 0.4) is 0 Å². The largest absolute Gasteiger partial charge is 0.465 e. The first-order valence-corrected chi connectivity index (χ1v) is 5.21. The molecule has 4 nitrogen and oxygen atoms in total. The summed E-state index contributed by atoms with van der Waals surface area (Å²) >= 11 is 0. The Balaban J connectivity index is 2.91. The number of carbonyl (C=O) groups is 2. The van der Waals surface area contributed by atoms with Gasteiger partial charge in [0.1, 0.15) is 0 Å². The van der Waals surface area contributed by atoms with Gasteiger partial charge in [-0.3, -0.25) is 9.59 Å². The standard InChI is InChI=1S/C10H13F3O4/c1-3-16-7(14)9(8(15)17-4-2)5-6(9)10(11,12)13/h6H,3-5H2,1-2H3. The van der Waals surface area contributed by atoms with Crippen molar-refractivity contribution in [2.24, 2.45) is 11.3 Å². The maximum atomic E-state index is 12.5. The van der Waals surface area contributed by atoms with Crippen molar-refractivity contribution in [1.82, 2.24) is 0 Å². The summed E-state index contributed by atoms with van der Waals surface area (Å²) in [4.78, 5) is 23.0. The smallest absolute Gasteiger partial charge is 0.393 e. The first kappa shape index (κ1) is 13.8. The minimum Gasteiger partial charge on any atom is -0.465 e. The van der Waals surface area contributed by atoms with Gasteiger partial charge < -0.3 is 9.47 Å². The Hall–Kier alpha value is -1.27. The molecule has 0 aliphatic heterocycles. The molecule has 1 unspecified atom stereocenters. The summed E-state index contributed by atoms with van der Waals surface area (Å²) in [5.74, 6) is -4.30. The molecular weight excluding hydrogens is 241 g/mol. The van der Waals surface area contributed by atoms with Crippen LogP contribution in [-0.4, -0.2) is 31.3 Å². The van der Waals surface area contributed by atoms with Crippen LogP contribution >= 0.6 is 0 Å². The van der Waals surface area contributed by atoms with Gasteiger partial charge in [-0.25, -0.2) is 0 Å². The number of halogens is 3. The Morgan fingerprint density at radius 2 is 1.59 bits per heavy atom. The Bertz CT molecular complexity index is 306. The summed E-state index contributed by atoms with van der Waals surface area (Å²) in [5.41, 5.74) is -2.18. The molecule has 7 heteroatoms. The number of alkyl halides is 3. The molecule has 1 saturated carbocycles. The lowest BCUT2D eigenvalue weighted by atomic mass is 10.0. The number of ether oxygens (including phenoxy) is 2. The summed E-state index contributed by atoms with van der Waals surface area (Å²) in [6, 6.07) is 0. The first-order chi connectivity index (χ1) is 7.80. The molecule has 0 aromatic rings. The lowest BCUT2D eigenvalue weighted by molar-refractivity contribution is -0.182. The third kappa shape index (κ3) is 2.37. The van der Waals surface area contributed by atoms with Gasteiger partial charge in [0.05, 0.1) is 19.1 Å². The molecule has 0 amide bonds. The van der Waals surface area contributed by atoms with E-state index in [4.69, 9.17) is 0 Å².